The second kappa shape index (κ2) is 7.67. The minimum Gasteiger partial charge on any atom is -0.333 e. The van der Waals surface area contributed by atoms with Crippen molar-refractivity contribution in [2.75, 3.05) is 19.6 Å². The van der Waals surface area contributed by atoms with E-state index in [-0.39, 0.29) is 17.8 Å². The Labute approximate surface area is 153 Å². The summed E-state index contributed by atoms with van der Waals surface area (Å²) >= 11 is 3.44. The molecular weight excluding hydrogens is 368 g/mol. The maximum atomic E-state index is 13.6. The summed E-state index contributed by atoms with van der Waals surface area (Å²) in [6, 6.07) is 6.30. The molecule has 2 heterocycles. The van der Waals surface area contributed by atoms with Crippen LogP contribution < -0.4 is 5.32 Å². The lowest BCUT2D eigenvalue weighted by atomic mass is 9.91. The highest BCUT2D eigenvalue weighted by atomic mass is 32.1. The van der Waals surface area contributed by atoms with Crippen LogP contribution in [0.4, 0.5) is 17.6 Å². The van der Waals surface area contributed by atoms with Gasteiger partial charge in [0.15, 0.2) is 0 Å². The zero-order chi connectivity index (χ0) is 18.8. The molecule has 3 nitrogen and oxygen atoms in total. The SMILES string of the molecule is Fc1cc(F)c(S)c(F)c1.O=C1CNCC2c3cccc(F)c3CCN12. The number of nitrogens with one attached hydrogen (secondary N) is 1. The fourth-order valence-corrected chi connectivity index (χ4v) is 3.31. The van der Waals surface area contributed by atoms with Gasteiger partial charge in [0.05, 0.1) is 17.5 Å². The van der Waals surface area contributed by atoms with Crippen LogP contribution in [0.25, 0.3) is 0 Å². The number of amides is 1. The number of fused-ring (bicyclic) bond motifs is 3. The molecule has 0 aliphatic carbocycles. The summed E-state index contributed by atoms with van der Waals surface area (Å²) in [5.41, 5.74) is 1.74. The molecule has 1 saturated heterocycles. The van der Waals surface area contributed by atoms with Gasteiger partial charge in [-0.05, 0) is 23.6 Å². The Kier molecular flexibility index (Phi) is 5.52. The van der Waals surface area contributed by atoms with Crippen molar-refractivity contribution in [2.45, 2.75) is 17.4 Å². The highest BCUT2D eigenvalue weighted by Crippen LogP contribution is 2.32. The van der Waals surface area contributed by atoms with E-state index in [0.29, 0.717) is 31.6 Å². The van der Waals surface area contributed by atoms with Crippen molar-refractivity contribution in [2.24, 2.45) is 0 Å². The summed E-state index contributed by atoms with van der Waals surface area (Å²) in [5.74, 6) is -2.93. The fourth-order valence-electron chi connectivity index (χ4n) is 3.18. The van der Waals surface area contributed by atoms with Crippen molar-refractivity contribution in [3.63, 3.8) is 0 Å². The maximum Gasteiger partial charge on any atom is 0.237 e. The minimum absolute atomic E-state index is 0.0145. The molecule has 1 atom stereocenters. The van der Waals surface area contributed by atoms with E-state index in [1.165, 1.54) is 6.07 Å². The summed E-state index contributed by atoms with van der Waals surface area (Å²) in [6.45, 7) is 1.77. The number of carbonyl (C=O) groups is 1. The van der Waals surface area contributed by atoms with Crippen molar-refractivity contribution >= 4 is 18.5 Å². The van der Waals surface area contributed by atoms with Crippen LogP contribution in [0.5, 0.6) is 0 Å². The Hall–Kier alpha value is -2.06. The van der Waals surface area contributed by atoms with Crippen molar-refractivity contribution in [1.29, 1.82) is 0 Å². The number of carbonyl (C=O) groups excluding carboxylic acids is 1. The molecule has 1 fully saturated rings. The largest absolute Gasteiger partial charge is 0.333 e. The van der Waals surface area contributed by atoms with E-state index in [2.05, 4.69) is 17.9 Å². The third-order valence-corrected chi connectivity index (χ3v) is 4.84. The van der Waals surface area contributed by atoms with Gasteiger partial charge in [-0.1, -0.05) is 12.1 Å². The number of nitrogens with zero attached hydrogens (tertiary/aromatic N) is 1. The second-order valence-electron chi connectivity index (χ2n) is 6.01. The number of benzene rings is 2. The molecule has 0 radical (unpaired) electrons. The van der Waals surface area contributed by atoms with Crippen LogP contribution in [0.1, 0.15) is 17.2 Å². The zero-order valence-corrected chi connectivity index (χ0v) is 14.5. The van der Waals surface area contributed by atoms with E-state index in [1.54, 1.807) is 6.07 Å². The molecule has 2 aromatic rings. The topological polar surface area (TPSA) is 32.3 Å². The molecule has 4 rings (SSSR count). The molecule has 0 saturated carbocycles. The van der Waals surface area contributed by atoms with Gasteiger partial charge in [-0.25, -0.2) is 17.6 Å². The predicted octanol–water partition coefficient (Wildman–Crippen LogP) is 3.25. The third kappa shape index (κ3) is 3.71. The Balaban J connectivity index is 0.000000170. The first kappa shape index (κ1) is 18.7. The van der Waals surface area contributed by atoms with Gasteiger partial charge in [0.2, 0.25) is 5.91 Å². The van der Waals surface area contributed by atoms with Crippen LogP contribution in [0.2, 0.25) is 0 Å². The summed E-state index contributed by atoms with van der Waals surface area (Å²) in [6.07, 6.45) is 0.629. The lowest BCUT2D eigenvalue weighted by Crippen LogP contribution is -2.52. The van der Waals surface area contributed by atoms with Gasteiger partial charge in [-0.15, -0.1) is 12.6 Å². The molecule has 138 valence electrons. The first-order valence-electron chi connectivity index (χ1n) is 7.99. The average molecular weight is 384 g/mol. The third-order valence-electron chi connectivity index (χ3n) is 4.41. The van der Waals surface area contributed by atoms with Crippen LogP contribution >= 0.6 is 12.6 Å². The lowest BCUT2D eigenvalue weighted by Gasteiger charge is -2.40. The maximum absolute atomic E-state index is 13.6. The van der Waals surface area contributed by atoms with E-state index >= 15 is 0 Å². The molecule has 2 aliphatic rings. The van der Waals surface area contributed by atoms with Crippen molar-refractivity contribution in [3.8, 4) is 0 Å². The van der Waals surface area contributed by atoms with E-state index in [4.69, 9.17) is 0 Å². The normalized spacial score (nSPS) is 18.6. The van der Waals surface area contributed by atoms with E-state index in [1.807, 2.05) is 11.0 Å². The van der Waals surface area contributed by atoms with Gasteiger partial charge in [0.1, 0.15) is 23.3 Å². The Morgan fingerprint density at radius 2 is 1.77 bits per heavy atom. The van der Waals surface area contributed by atoms with Gasteiger partial charge >= 0.3 is 0 Å². The van der Waals surface area contributed by atoms with Gasteiger partial charge in [0, 0.05) is 25.2 Å². The molecular formula is C18H16F4N2OS. The number of rotatable bonds is 0. The Morgan fingerprint density at radius 1 is 1.08 bits per heavy atom. The Bertz CT molecular complexity index is 823. The monoisotopic (exact) mass is 384 g/mol. The number of thiol groups is 1. The van der Waals surface area contributed by atoms with Crippen molar-refractivity contribution < 1.29 is 22.4 Å². The summed E-state index contributed by atoms with van der Waals surface area (Å²) < 4.78 is 50.3. The van der Waals surface area contributed by atoms with Crippen LogP contribution in [0.15, 0.2) is 35.2 Å². The average Bonchev–Trinajstić information content (AvgIpc) is 2.61. The van der Waals surface area contributed by atoms with Gasteiger partial charge < -0.3 is 10.2 Å². The minimum atomic E-state index is -0.985. The van der Waals surface area contributed by atoms with Gasteiger partial charge in [-0.3, -0.25) is 4.79 Å². The van der Waals surface area contributed by atoms with Crippen LogP contribution in [0.3, 0.4) is 0 Å². The highest BCUT2D eigenvalue weighted by Gasteiger charge is 2.34. The molecule has 2 aliphatic heterocycles. The predicted molar refractivity (Wildman–Crippen MR) is 91.0 cm³/mol. The smallest absolute Gasteiger partial charge is 0.237 e. The van der Waals surface area contributed by atoms with Crippen LogP contribution in [-0.2, 0) is 11.2 Å². The zero-order valence-electron chi connectivity index (χ0n) is 13.6. The summed E-state index contributed by atoms with van der Waals surface area (Å²) in [7, 11) is 0. The van der Waals surface area contributed by atoms with Gasteiger partial charge in [-0.2, -0.15) is 0 Å². The second-order valence-corrected chi connectivity index (χ2v) is 6.46. The number of piperazine rings is 1. The molecule has 2 aromatic carbocycles. The first-order chi connectivity index (χ1) is 12.4. The molecule has 1 unspecified atom stereocenters. The van der Waals surface area contributed by atoms with E-state index < -0.39 is 22.3 Å². The number of hydrogen-bond donors (Lipinski definition) is 2. The number of hydrogen-bond acceptors (Lipinski definition) is 3. The molecule has 0 bridgehead atoms. The molecule has 8 heteroatoms. The number of halogens is 4. The van der Waals surface area contributed by atoms with E-state index in [9.17, 15) is 22.4 Å². The summed E-state index contributed by atoms with van der Waals surface area (Å²) in [5, 5.41) is 3.08. The molecule has 0 aromatic heterocycles. The fraction of sp³-hybridized carbons (Fsp3) is 0.278. The van der Waals surface area contributed by atoms with Crippen LogP contribution in [0, 0.1) is 23.3 Å². The molecule has 0 spiro atoms. The molecule has 26 heavy (non-hydrogen) atoms. The highest BCUT2D eigenvalue weighted by molar-refractivity contribution is 7.80. The van der Waals surface area contributed by atoms with Gasteiger partial charge in [0.25, 0.3) is 0 Å². The van der Waals surface area contributed by atoms with Crippen molar-refractivity contribution in [1.82, 2.24) is 10.2 Å². The lowest BCUT2D eigenvalue weighted by molar-refractivity contribution is -0.135. The first-order valence-corrected chi connectivity index (χ1v) is 8.44. The Morgan fingerprint density at radius 3 is 2.46 bits per heavy atom. The molecule has 1 N–H and O–H groups in total. The molecule has 1 amide bonds. The summed E-state index contributed by atoms with van der Waals surface area (Å²) in [4.78, 5) is 13.1. The quantitative estimate of drug-likeness (QED) is 0.540. The van der Waals surface area contributed by atoms with E-state index in [0.717, 1.165) is 17.7 Å². The van der Waals surface area contributed by atoms with Crippen LogP contribution in [-0.4, -0.2) is 30.4 Å². The standard InChI is InChI=1S/C12H13FN2O.C6H3F3S/c13-10-3-1-2-9-8(10)4-5-15-11(9)6-14-7-12(15)16;7-3-1-4(8)6(10)5(9)2-3/h1-3,11,14H,4-7H2;1-2,10H. The van der Waals surface area contributed by atoms with Crippen molar-refractivity contribution in [3.05, 3.63) is 64.7 Å².